The van der Waals surface area contributed by atoms with Crippen LogP contribution in [0.4, 0.5) is 0 Å². The van der Waals surface area contributed by atoms with E-state index in [1.807, 2.05) is 13.8 Å². The van der Waals surface area contributed by atoms with E-state index >= 15 is 0 Å². The first-order chi connectivity index (χ1) is 8.46. The zero-order valence-electron chi connectivity index (χ0n) is 11.3. The minimum absolute atomic E-state index is 0.0482. The summed E-state index contributed by atoms with van der Waals surface area (Å²) in [7, 11) is 0. The van der Waals surface area contributed by atoms with Gasteiger partial charge in [-0.15, -0.1) is 0 Å². The van der Waals surface area contributed by atoms with Crippen LogP contribution in [0.15, 0.2) is 0 Å². The second kappa shape index (κ2) is 6.18. The van der Waals surface area contributed by atoms with Crippen LogP contribution in [0.1, 0.15) is 46.0 Å². The normalized spacial score (nSPS) is 20.5. The lowest BCUT2D eigenvalue weighted by Gasteiger charge is -2.39. The molecule has 0 aromatic carbocycles. The Labute approximate surface area is 108 Å². The summed E-state index contributed by atoms with van der Waals surface area (Å²) in [5, 5.41) is 9.37. The number of amides is 1. The third-order valence-electron chi connectivity index (χ3n) is 3.97. The molecule has 0 aliphatic carbocycles. The average molecular weight is 256 g/mol. The van der Waals surface area contributed by atoms with Crippen molar-refractivity contribution in [2.45, 2.75) is 52.0 Å². The van der Waals surface area contributed by atoms with Crippen molar-refractivity contribution < 1.29 is 14.7 Å². The number of carbonyl (C=O) groups is 2. The first-order valence-electron chi connectivity index (χ1n) is 6.74. The number of likely N-dealkylation sites (tertiary alicyclic amines) is 1. The number of hydrogen-bond acceptors (Lipinski definition) is 3. The highest BCUT2D eigenvalue weighted by Gasteiger charge is 2.41. The number of nitrogens with zero attached hydrogens (tertiary/aromatic N) is 1. The summed E-state index contributed by atoms with van der Waals surface area (Å²) in [6.45, 7) is 4.90. The SMILES string of the molecule is CCCC1(C(=O)O)CCN(C(=O)C(N)CC)CC1. The van der Waals surface area contributed by atoms with E-state index in [1.54, 1.807) is 4.90 Å². The zero-order chi connectivity index (χ0) is 13.8. The van der Waals surface area contributed by atoms with Gasteiger partial charge in [-0.2, -0.15) is 0 Å². The van der Waals surface area contributed by atoms with Crippen LogP contribution in [0, 0.1) is 5.41 Å². The van der Waals surface area contributed by atoms with Crippen molar-refractivity contribution in [3.63, 3.8) is 0 Å². The lowest BCUT2D eigenvalue weighted by atomic mass is 9.75. The molecule has 1 saturated heterocycles. The van der Waals surface area contributed by atoms with Crippen molar-refractivity contribution in [1.29, 1.82) is 0 Å². The summed E-state index contributed by atoms with van der Waals surface area (Å²) < 4.78 is 0. The third kappa shape index (κ3) is 3.02. The van der Waals surface area contributed by atoms with Crippen LogP contribution >= 0.6 is 0 Å². The molecule has 0 aromatic rings. The number of carboxylic acid groups (broad SMARTS) is 1. The molecule has 1 heterocycles. The van der Waals surface area contributed by atoms with Gasteiger partial charge in [0.15, 0.2) is 0 Å². The molecular weight excluding hydrogens is 232 g/mol. The fraction of sp³-hybridized carbons (Fsp3) is 0.846. The Morgan fingerprint density at radius 3 is 2.28 bits per heavy atom. The Hall–Kier alpha value is -1.10. The summed E-state index contributed by atoms with van der Waals surface area (Å²) in [5.41, 5.74) is 5.09. The number of nitrogens with two attached hydrogens (primary N) is 1. The van der Waals surface area contributed by atoms with Gasteiger partial charge in [-0.05, 0) is 25.7 Å². The molecule has 1 aliphatic heterocycles. The van der Waals surface area contributed by atoms with Crippen molar-refractivity contribution >= 4 is 11.9 Å². The van der Waals surface area contributed by atoms with Gasteiger partial charge in [0.1, 0.15) is 0 Å². The van der Waals surface area contributed by atoms with E-state index in [1.165, 1.54) is 0 Å². The topological polar surface area (TPSA) is 83.6 Å². The van der Waals surface area contributed by atoms with Gasteiger partial charge in [-0.3, -0.25) is 9.59 Å². The Morgan fingerprint density at radius 2 is 1.89 bits per heavy atom. The van der Waals surface area contributed by atoms with Crippen LogP contribution in [0.5, 0.6) is 0 Å². The van der Waals surface area contributed by atoms with E-state index < -0.39 is 17.4 Å². The summed E-state index contributed by atoms with van der Waals surface area (Å²) in [5.74, 6) is -0.774. The highest BCUT2D eigenvalue weighted by atomic mass is 16.4. The summed E-state index contributed by atoms with van der Waals surface area (Å²) in [6.07, 6.45) is 3.24. The largest absolute Gasteiger partial charge is 0.481 e. The van der Waals surface area contributed by atoms with Gasteiger partial charge >= 0.3 is 5.97 Å². The molecule has 1 aliphatic rings. The van der Waals surface area contributed by atoms with Crippen LogP contribution in [-0.4, -0.2) is 41.0 Å². The van der Waals surface area contributed by atoms with Crippen molar-refractivity contribution in [2.24, 2.45) is 11.1 Å². The monoisotopic (exact) mass is 256 g/mol. The molecule has 1 unspecified atom stereocenters. The molecule has 5 heteroatoms. The number of carboxylic acids is 1. The van der Waals surface area contributed by atoms with Gasteiger partial charge in [0.25, 0.3) is 0 Å². The molecule has 0 saturated carbocycles. The standard InChI is InChI=1S/C13H24N2O3/c1-3-5-13(12(17)18)6-8-15(9-7-13)11(16)10(14)4-2/h10H,3-9,14H2,1-2H3,(H,17,18). The molecule has 0 radical (unpaired) electrons. The summed E-state index contributed by atoms with van der Waals surface area (Å²) >= 11 is 0. The number of hydrogen-bond donors (Lipinski definition) is 2. The van der Waals surface area contributed by atoms with E-state index in [9.17, 15) is 14.7 Å². The Morgan fingerprint density at radius 1 is 1.33 bits per heavy atom. The lowest BCUT2D eigenvalue weighted by Crippen LogP contribution is -2.51. The lowest BCUT2D eigenvalue weighted by molar-refractivity contribution is -0.155. The Kier molecular flexibility index (Phi) is 5.14. The predicted octanol–water partition coefficient (Wildman–Crippen LogP) is 1.22. The van der Waals surface area contributed by atoms with Crippen molar-refractivity contribution in [3.05, 3.63) is 0 Å². The Bertz CT molecular complexity index is 309. The van der Waals surface area contributed by atoms with Crippen molar-refractivity contribution in [3.8, 4) is 0 Å². The van der Waals surface area contributed by atoms with E-state index in [0.717, 1.165) is 6.42 Å². The van der Waals surface area contributed by atoms with Crippen LogP contribution in [0.3, 0.4) is 0 Å². The Balaban J connectivity index is 2.63. The molecule has 3 N–H and O–H groups in total. The predicted molar refractivity (Wildman–Crippen MR) is 69.1 cm³/mol. The molecule has 1 fully saturated rings. The number of piperidine rings is 1. The second-order valence-electron chi connectivity index (χ2n) is 5.18. The highest BCUT2D eigenvalue weighted by molar-refractivity contribution is 5.82. The molecule has 18 heavy (non-hydrogen) atoms. The maximum atomic E-state index is 11.9. The van der Waals surface area contributed by atoms with Crippen molar-refractivity contribution in [1.82, 2.24) is 4.90 Å². The van der Waals surface area contributed by atoms with E-state index in [4.69, 9.17) is 5.73 Å². The first kappa shape index (κ1) is 15.0. The zero-order valence-corrected chi connectivity index (χ0v) is 11.3. The molecule has 0 aromatic heterocycles. The van der Waals surface area contributed by atoms with E-state index in [2.05, 4.69) is 0 Å². The minimum atomic E-state index is -0.726. The molecule has 0 bridgehead atoms. The molecule has 5 nitrogen and oxygen atoms in total. The van der Waals surface area contributed by atoms with Gasteiger partial charge in [-0.25, -0.2) is 0 Å². The first-order valence-corrected chi connectivity index (χ1v) is 6.74. The maximum absolute atomic E-state index is 11.9. The number of rotatable bonds is 5. The van der Waals surface area contributed by atoms with Crippen LogP contribution in [0.25, 0.3) is 0 Å². The second-order valence-corrected chi connectivity index (χ2v) is 5.18. The minimum Gasteiger partial charge on any atom is -0.481 e. The third-order valence-corrected chi connectivity index (χ3v) is 3.97. The number of aliphatic carboxylic acids is 1. The van der Waals surface area contributed by atoms with Gasteiger partial charge < -0.3 is 15.7 Å². The highest BCUT2D eigenvalue weighted by Crippen LogP contribution is 2.36. The van der Waals surface area contributed by atoms with Gasteiger partial charge in [0.05, 0.1) is 11.5 Å². The van der Waals surface area contributed by atoms with E-state index in [0.29, 0.717) is 38.8 Å². The van der Waals surface area contributed by atoms with Gasteiger partial charge in [-0.1, -0.05) is 20.3 Å². The van der Waals surface area contributed by atoms with Crippen molar-refractivity contribution in [2.75, 3.05) is 13.1 Å². The summed E-state index contributed by atoms with van der Waals surface area (Å²) in [4.78, 5) is 25.0. The molecule has 0 spiro atoms. The quantitative estimate of drug-likeness (QED) is 0.774. The van der Waals surface area contributed by atoms with Crippen LogP contribution < -0.4 is 5.73 Å². The summed E-state index contributed by atoms with van der Waals surface area (Å²) in [6, 6.07) is -0.450. The number of carbonyl (C=O) groups excluding carboxylic acids is 1. The van der Waals surface area contributed by atoms with E-state index in [-0.39, 0.29) is 5.91 Å². The van der Waals surface area contributed by atoms with Crippen LogP contribution in [0.2, 0.25) is 0 Å². The van der Waals surface area contributed by atoms with Gasteiger partial charge in [0, 0.05) is 13.1 Å². The molecule has 1 amide bonds. The molecular formula is C13H24N2O3. The average Bonchev–Trinajstić information content (AvgIpc) is 2.38. The fourth-order valence-electron chi connectivity index (χ4n) is 2.61. The molecule has 104 valence electrons. The molecule has 1 atom stereocenters. The smallest absolute Gasteiger partial charge is 0.309 e. The maximum Gasteiger partial charge on any atom is 0.309 e. The van der Waals surface area contributed by atoms with Gasteiger partial charge in [0.2, 0.25) is 5.91 Å². The fourth-order valence-corrected chi connectivity index (χ4v) is 2.61. The molecule has 1 rings (SSSR count). The van der Waals surface area contributed by atoms with Crippen LogP contribution in [-0.2, 0) is 9.59 Å².